The fraction of sp³-hybridized carbons (Fsp3) is 0.0500. The van der Waals surface area contributed by atoms with Crippen molar-refractivity contribution in [2.75, 3.05) is 6.26 Å². The molecule has 0 saturated carbocycles. The molecule has 0 N–H and O–H groups in total. The summed E-state index contributed by atoms with van der Waals surface area (Å²) in [5.41, 5.74) is 2.41. The fourth-order valence-electron chi connectivity index (χ4n) is 2.46. The Hall–Kier alpha value is -2.92. The zero-order valence-electron chi connectivity index (χ0n) is 13.5. The van der Waals surface area contributed by atoms with Crippen molar-refractivity contribution in [1.29, 1.82) is 0 Å². The van der Waals surface area contributed by atoms with E-state index in [1.165, 1.54) is 18.4 Å². The average molecular weight is 352 g/mol. The highest BCUT2D eigenvalue weighted by molar-refractivity contribution is 7.90. The van der Waals surface area contributed by atoms with Gasteiger partial charge < -0.3 is 4.74 Å². The first kappa shape index (κ1) is 16.9. The molecule has 3 rings (SSSR count). The van der Waals surface area contributed by atoms with Crippen LogP contribution in [-0.4, -0.2) is 21.0 Å². The molecule has 3 aromatic rings. The van der Waals surface area contributed by atoms with Gasteiger partial charge in [0.2, 0.25) is 0 Å². The van der Waals surface area contributed by atoms with Crippen LogP contribution in [0.15, 0.2) is 77.7 Å². The number of hydrogen-bond donors (Lipinski definition) is 0. The van der Waals surface area contributed by atoms with E-state index in [9.17, 15) is 13.2 Å². The van der Waals surface area contributed by atoms with E-state index in [0.717, 1.165) is 17.4 Å². The lowest BCUT2D eigenvalue weighted by Crippen LogP contribution is -1.96. The first-order valence-corrected chi connectivity index (χ1v) is 9.49. The molecule has 0 amide bonds. The Morgan fingerprint density at radius 2 is 1.36 bits per heavy atom. The zero-order valence-corrected chi connectivity index (χ0v) is 14.4. The van der Waals surface area contributed by atoms with Gasteiger partial charge in [0.25, 0.3) is 0 Å². The molecule has 5 heteroatoms. The lowest BCUT2D eigenvalue weighted by atomic mass is 10.0. The first-order valence-electron chi connectivity index (χ1n) is 7.60. The van der Waals surface area contributed by atoms with Gasteiger partial charge in [0, 0.05) is 11.8 Å². The molecular weight excluding hydrogens is 336 g/mol. The monoisotopic (exact) mass is 352 g/mol. The average Bonchev–Trinajstić information content (AvgIpc) is 2.62. The third-order valence-electron chi connectivity index (χ3n) is 3.74. The molecular formula is C20H16O4S. The van der Waals surface area contributed by atoms with Crippen LogP contribution in [0, 0.1) is 0 Å². The van der Waals surface area contributed by atoms with Gasteiger partial charge >= 0.3 is 0 Å². The molecule has 0 saturated heterocycles. The summed E-state index contributed by atoms with van der Waals surface area (Å²) >= 11 is 0. The summed E-state index contributed by atoms with van der Waals surface area (Å²) in [5.74, 6) is 1.17. The number of aldehydes is 1. The summed E-state index contributed by atoms with van der Waals surface area (Å²) in [7, 11) is -3.22. The van der Waals surface area contributed by atoms with E-state index in [-0.39, 0.29) is 4.90 Å². The molecule has 126 valence electrons. The summed E-state index contributed by atoms with van der Waals surface area (Å²) in [4.78, 5) is 11.4. The van der Waals surface area contributed by atoms with E-state index in [0.29, 0.717) is 17.1 Å². The summed E-state index contributed by atoms with van der Waals surface area (Å²) in [6.07, 6.45) is 2.00. The van der Waals surface area contributed by atoms with E-state index in [1.54, 1.807) is 30.3 Å². The topological polar surface area (TPSA) is 60.4 Å². The minimum Gasteiger partial charge on any atom is -0.457 e. The van der Waals surface area contributed by atoms with Crippen molar-refractivity contribution in [2.45, 2.75) is 4.90 Å². The molecule has 0 unspecified atom stereocenters. The molecule has 0 spiro atoms. The quantitative estimate of drug-likeness (QED) is 0.640. The van der Waals surface area contributed by atoms with Crippen LogP contribution in [0.3, 0.4) is 0 Å². The number of rotatable bonds is 5. The van der Waals surface area contributed by atoms with Crippen molar-refractivity contribution in [1.82, 2.24) is 0 Å². The van der Waals surface area contributed by atoms with Gasteiger partial charge in [0.05, 0.1) is 4.90 Å². The standard InChI is InChI=1S/C20H16O4S/c1-25(22,23)19-12-10-18(11-13-19)24-17-8-6-15(7-9-17)20-5-3-2-4-16(20)14-21/h2-14H,1H3. The van der Waals surface area contributed by atoms with Gasteiger partial charge in [-0.1, -0.05) is 36.4 Å². The minimum absolute atomic E-state index is 0.251. The molecule has 0 aliphatic heterocycles. The molecule has 0 atom stereocenters. The molecule has 0 radical (unpaired) electrons. The van der Waals surface area contributed by atoms with Crippen LogP contribution in [0.1, 0.15) is 10.4 Å². The number of sulfone groups is 1. The molecule has 0 bridgehead atoms. The third-order valence-corrected chi connectivity index (χ3v) is 4.87. The summed E-state index contributed by atoms with van der Waals surface area (Å²) in [5, 5.41) is 0. The molecule has 0 aliphatic rings. The highest BCUT2D eigenvalue weighted by Crippen LogP contribution is 2.27. The largest absolute Gasteiger partial charge is 0.457 e. The van der Waals surface area contributed by atoms with Crippen molar-refractivity contribution >= 4 is 16.1 Å². The van der Waals surface area contributed by atoms with Crippen LogP contribution in [0.2, 0.25) is 0 Å². The Labute approximate surface area is 146 Å². The molecule has 3 aromatic carbocycles. The second-order valence-corrected chi connectivity index (χ2v) is 7.59. The predicted octanol–water partition coefficient (Wildman–Crippen LogP) is 4.36. The maximum absolute atomic E-state index is 11.5. The predicted molar refractivity (Wildman–Crippen MR) is 96.9 cm³/mol. The van der Waals surface area contributed by atoms with Gasteiger partial charge in [-0.05, 0) is 47.5 Å². The van der Waals surface area contributed by atoms with Gasteiger partial charge in [0.15, 0.2) is 16.1 Å². The molecule has 0 aromatic heterocycles. The first-order chi connectivity index (χ1) is 12.0. The van der Waals surface area contributed by atoms with E-state index in [2.05, 4.69) is 0 Å². The van der Waals surface area contributed by atoms with Crippen molar-refractivity contribution in [3.63, 3.8) is 0 Å². The molecule has 0 heterocycles. The smallest absolute Gasteiger partial charge is 0.175 e. The lowest BCUT2D eigenvalue weighted by molar-refractivity contribution is 0.112. The molecule has 25 heavy (non-hydrogen) atoms. The Morgan fingerprint density at radius 3 is 1.92 bits per heavy atom. The van der Waals surface area contributed by atoms with Gasteiger partial charge in [-0.2, -0.15) is 0 Å². The molecule has 0 aliphatic carbocycles. The van der Waals surface area contributed by atoms with E-state index < -0.39 is 9.84 Å². The Morgan fingerprint density at radius 1 is 0.800 bits per heavy atom. The maximum Gasteiger partial charge on any atom is 0.175 e. The third kappa shape index (κ3) is 3.95. The summed E-state index contributed by atoms with van der Waals surface area (Å²) in [6.45, 7) is 0. The van der Waals surface area contributed by atoms with Gasteiger partial charge in [0.1, 0.15) is 11.5 Å². The Kier molecular flexibility index (Phi) is 4.67. The second kappa shape index (κ2) is 6.91. The van der Waals surface area contributed by atoms with Crippen LogP contribution >= 0.6 is 0 Å². The lowest BCUT2D eigenvalue weighted by Gasteiger charge is -2.09. The van der Waals surface area contributed by atoms with Crippen LogP contribution in [-0.2, 0) is 9.84 Å². The van der Waals surface area contributed by atoms with Crippen molar-refractivity contribution < 1.29 is 17.9 Å². The number of carbonyl (C=O) groups excluding carboxylic acids is 1. The highest BCUT2D eigenvalue weighted by Gasteiger charge is 2.07. The summed E-state index contributed by atoms with van der Waals surface area (Å²) in [6, 6.07) is 21.0. The second-order valence-electron chi connectivity index (χ2n) is 5.58. The number of ether oxygens (including phenoxy) is 1. The maximum atomic E-state index is 11.5. The van der Waals surface area contributed by atoms with Crippen LogP contribution in [0.25, 0.3) is 11.1 Å². The van der Waals surface area contributed by atoms with Crippen LogP contribution < -0.4 is 4.74 Å². The minimum atomic E-state index is -3.22. The van der Waals surface area contributed by atoms with Gasteiger partial charge in [-0.3, -0.25) is 4.79 Å². The van der Waals surface area contributed by atoms with Crippen molar-refractivity contribution in [3.05, 3.63) is 78.4 Å². The van der Waals surface area contributed by atoms with Gasteiger partial charge in [-0.25, -0.2) is 8.42 Å². The Balaban J connectivity index is 1.80. The highest BCUT2D eigenvalue weighted by atomic mass is 32.2. The molecule has 0 fully saturated rings. The SMILES string of the molecule is CS(=O)(=O)c1ccc(Oc2ccc(-c3ccccc3C=O)cc2)cc1. The number of benzene rings is 3. The number of carbonyl (C=O) groups is 1. The van der Waals surface area contributed by atoms with Gasteiger partial charge in [-0.15, -0.1) is 0 Å². The fourth-order valence-corrected chi connectivity index (χ4v) is 3.09. The normalized spacial score (nSPS) is 11.1. The zero-order chi connectivity index (χ0) is 17.9. The number of hydrogen-bond acceptors (Lipinski definition) is 4. The van der Waals surface area contributed by atoms with Crippen molar-refractivity contribution in [2.24, 2.45) is 0 Å². The van der Waals surface area contributed by atoms with Crippen LogP contribution in [0.5, 0.6) is 11.5 Å². The van der Waals surface area contributed by atoms with Crippen molar-refractivity contribution in [3.8, 4) is 22.6 Å². The van der Waals surface area contributed by atoms with Crippen LogP contribution in [0.4, 0.5) is 0 Å². The summed E-state index contributed by atoms with van der Waals surface area (Å²) < 4.78 is 28.7. The van der Waals surface area contributed by atoms with E-state index in [1.807, 2.05) is 30.3 Å². The molecule has 4 nitrogen and oxygen atoms in total. The Bertz CT molecular complexity index is 989. The van der Waals surface area contributed by atoms with E-state index in [4.69, 9.17) is 4.74 Å². The van der Waals surface area contributed by atoms with E-state index >= 15 is 0 Å².